The molecule has 9 heteroatoms. The maximum atomic E-state index is 14.1. The van der Waals surface area contributed by atoms with Gasteiger partial charge in [-0.3, -0.25) is 29.4 Å². The second-order valence-electron chi connectivity index (χ2n) is 9.51. The molecule has 6 rings (SSSR count). The number of imide groups is 1. The van der Waals surface area contributed by atoms with Gasteiger partial charge in [0.15, 0.2) is 0 Å². The molecule has 0 unspecified atom stereocenters. The van der Waals surface area contributed by atoms with Gasteiger partial charge >= 0.3 is 0 Å². The normalized spacial score (nSPS) is 29.5. The monoisotopic (exact) mass is 460 g/mol. The van der Waals surface area contributed by atoms with Crippen molar-refractivity contribution in [1.82, 2.24) is 4.90 Å². The van der Waals surface area contributed by atoms with Crippen LogP contribution in [0.1, 0.15) is 36.5 Å². The fourth-order valence-electron chi connectivity index (χ4n) is 6.87. The first-order valence-electron chi connectivity index (χ1n) is 11.7. The third-order valence-corrected chi connectivity index (χ3v) is 8.21. The summed E-state index contributed by atoms with van der Waals surface area (Å²) in [6, 6.07) is 9.94. The Morgan fingerprint density at radius 3 is 2.65 bits per heavy atom. The number of hydrogen-bond donors (Lipinski definition) is 1. The van der Waals surface area contributed by atoms with Gasteiger partial charge in [-0.25, -0.2) is 4.90 Å². The number of aryl methyl sites for hydroxylation is 1. The van der Waals surface area contributed by atoms with E-state index < -0.39 is 28.2 Å². The highest BCUT2D eigenvalue weighted by atomic mass is 16.6. The third-order valence-electron chi connectivity index (χ3n) is 8.21. The van der Waals surface area contributed by atoms with E-state index in [0.29, 0.717) is 6.54 Å². The predicted octanol–water partition coefficient (Wildman–Crippen LogP) is 2.90. The van der Waals surface area contributed by atoms with E-state index in [1.54, 1.807) is 13.0 Å². The molecule has 34 heavy (non-hydrogen) atoms. The number of para-hydroxylation sites is 1. The van der Waals surface area contributed by atoms with Gasteiger partial charge in [-0.15, -0.1) is 0 Å². The summed E-state index contributed by atoms with van der Waals surface area (Å²) in [6.45, 7) is 4.20. The zero-order valence-corrected chi connectivity index (χ0v) is 18.9. The Morgan fingerprint density at radius 2 is 1.91 bits per heavy atom. The summed E-state index contributed by atoms with van der Waals surface area (Å²) < 4.78 is 0. The van der Waals surface area contributed by atoms with E-state index in [0.717, 1.165) is 41.0 Å². The molecule has 3 amide bonds. The molecule has 9 nitrogen and oxygen atoms in total. The van der Waals surface area contributed by atoms with Crippen LogP contribution in [0.5, 0.6) is 0 Å². The van der Waals surface area contributed by atoms with E-state index in [9.17, 15) is 24.5 Å². The van der Waals surface area contributed by atoms with Crippen LogP contribution < -0.4 is 10.2 Å². The summed E-state index contributed by atoms with van der Waals surface area (Å²) in [5.41, 5.74) is 1.58. The first-order valence-corrected chi connectivity index (χ1v) is 11.7. The average molecular weight is 460 g/mol. The maximum absolute atomic E-state index is 14.1. The number of nitrogens with zero attached hydrogens (tertiary/aromatic N) is 3. The van der Waals surface area contributed by atoms with Gasteiger partial charge in [0.25, 0.3) is 5.69 Å². The molecule has 4 aliphatic rings. The molecule has 4 atom stereocenters. The van der Waals surface area contributed by atoms with Crippen molar-refractivity contribution in [1.29, 1.82) is 0 Å². The van der Waals surface area contributed by atoms with Gasteiger partial charge in [-0.2, -0.15) is 0 Å². The number of rotatable bonds is 3. The van der Waals surface area contributed by atoms with E-state index >= 15 is 0 Å². The number of hydrogen-bond acceptors (Lipinski definition) is 6. The fraction of sp³-hybridized carbons (Fsp3) is 0.400. The van der Waals surface area contributed by atoms with Gasteiger partial charge in [0.1, 0.15) is 5.54 Å². The topological polar surface area (TPSA) is 113 Å². The summed E-state index contributed by atoms with van der Waals surface area (Å²) in [5, 5.41) is 14.5. The largest absolute Gasteiger partial charge is 0.324 e. The molecule has 0 bridgehead atoms. The summed E-state index contributed by atoms with van der Waals surface area (Å²) in [6.07, 6.45) is 2.28. The maximum Gasteiger partial charge on any atom is 0.274 e. The Balaban J connectivity index is 1.56. The number of nitro groups is 1. The molecule has 3 saturated heterocycles. The molecule has 174 valence electrons. The molecule has 0 aliphatic carbocycles. The van der Waals surface area contributed by atoms with Crippen LogP contribution in [0.25, 0.3) is 0 Å². The smallest absolute Gasteiger partial charge is 0.274 e. The Morgan fingerprint density at radius 1 is 1.15 bits per heavy atom. The van der Waals surface area contributed by atoms with Crippen molar-refractivity contribution in [2.75, 3.05) is 16.8 Å². The molecule has 4 heterocycles. The number of fused-ring (bicyclic) bond motifs is 7. The summed E-state index contributed by atoms with van der Waals surface area (Å²) in [4.78, 5) is 55.8. The molecule has 2 aromatic carbocycles. The van der Waals surface area contributed by atoms with Gasteiger partial charge in [0.05, 0.1) is 28.0 Å². The van der Waals surface area contributed by atoms with Gasteiger partial charge in [-0.1, -0.05) is 31.2 Å². The molecule has 4 aliphatic heterocycles. The van der Waals surface area contributed by atoms with Crippen LogP contribution in [-0.2, 0) is 26.3 Å². The average Bonchev–Trinajstić information content (AvgIpc) is 3.52. The predicted molar refractivity (Wildman–Crippen MR) is 123 cm³/mol. The van der Waals surface area contributed by atoms with E-state index in [-0.39, 0.29) is 34.8 Å². The Bertz CT molecular complexity index is 1310. The number of carbonyl (C=O) groups excluding carboxylic acids is 3. The second kappa shape index (κ2) is 6.96. The van der Waals surface area contributed by atoms with E-state index in [2.05, 4.69) is 10.2 Å². The van der Waals surface area contributed by atoms with E-state index in [1.165, 1.54) is 12.1 Å². The Kier molecular flexibility index (Phi) is 4.29. The zero-order chi connectivity index (χ0) is 23.9. The number of carbonyl (C=O) groups is 3. The number of benzene rings is 2. The van der Waals surface area contributed by atoms with Crippen molar-refractivity contribution < 1.29 is 19.3 Å². The number of nitro benzene ring substituents is 1. The van der Waals surface area contributed by atoms with Crippen molar-refractivity contribution in [3.05, 3.63) is 63.2 Å². The molecule has 1 spiro atoms. The first kappa shape index (κ1) is 21.0. The minimum Gasteiger partial charge on any atom is -0.324 e. The van der Waals surface area contributed by atoms with Crippen molar-refractivity contribution in [3.8, 4) is 0 Å². The molecular formula is C25H24N4O5. The molecule has 3 fully saturated rings. The summed E-state index contributed by atoms with van der Waals surface area (Å²) >= 11 is 0. The Hall–Kier alpha value is -3.59. The minimum atomic E-state index is -1.25. The van der Waals surface area contributed by atoms with Gasteiger partial charge in [-0.05, 0) is 44.4 Å². The van der Waals surface area contributed by atoms with Crippen LogP contribution in [0, 0.1) is 28.9 Å². The lowest BCUT2D eigenvalue weighted by molar-refractivity contribution is -0.385. The zero-order valence-electron chi connectivity index (χ0n) is 18.9. The van der Waals surface area contributed by atoms with Gasteiger partial charge in [0.2, 0.25) is 17.7 Å². The standard InChI is InChI=1S/C25H24N4O5/c1-3-14-7-4-8-15-21(14)26-24(32)25(15)20-19(18-11-6-12-27(18)25)22(30)28(23(20)31)16-9-5-10-17(13(16)2)29(33)34/h4-5,7-10,18-20H,3,6,11-12H2,1-2H3,(H,26,32)/t18-,19-,20-,25-/m1/s1. The highest BCUT2D eigenvalue weighted by Crippen LogP contribution is 2.61. The van der Waals surface area contributed by atoms with Crippen LogP contribution in [0.2, 0.25) is 0 Å². The highest BCUT2D eigenvalue weighted by Gasteiger charge is 2.74. The third kappa shape index (κ3) is 2.30. The molecule has 0 aromatic heterocycles. The van der Waals surface area contributed by atoms with E-state index in [1.807, 2.05) is 25.1 Å². The number of anilines is 2. The van der Waals surface area contributed by atoms with Gasteiger partial charge in [0, 0.05) is 23.4 Å². The van der Waals surface area contributed by atoms with Crippen LogP contribution in [0.4, 0.5) is 17.1 Å². The fourth-order valence-corrected chi connectivity index (χ4v) is 6.87. The van der Waals surface area contributed by atoms with E-state index in [4.69, 9.17) is 0 Å². The van der Waals surface area contributed by atoms with Crippen molar-refractivity contribution >= 4 is 34.8 Å². The van der Waals surface area contributed by atoms with Crippen LogP contribution in [-0.4, -0.2) is 40.1 Å². The minimum absolute atomic E-state index is 0.149. The van der Waals surface area contributed by atoms with Crippen LogP contribution in [0.3, 0.4) is 0 Å². The Labute approximate surface area is 195 Å². The van der Waals surface area contributed by atoms with Crippen molar-refractivity contribution in [2.45, 2.75) is 44.7 Å². The number of amides is 3. The quantitative estimate of drug-likeness (QED) is 0.428. The van der Waals surface area contributed by atoms with Crippen molar-refractivity contribution in [3.63, 3.8) is 0 Å². The SMILES string of the molecule is CCc1cccc2c1NC(=O)[C@]21[C@H]2C(=O)N(c3cccc([N+](=O)[O-])c3C)C(=O)[C@@H]2[C@H]2CCCN21. The van der Waals surface area contributed by atoms with Crippen LogP contribution in [0.15, 0.2) is 36.4 Å². The van der Waals surface area contributed by atoms with Crippen LogP contribution >= 0.6 is 0 Å². The van der Waals surface area contributed by atoms with Crippen molar-refractivity contribution in [2.24, 2.45) is 11.8 Å². The molecule has 1 N–H and O–H groups in total. The lowest BCUT2D eigenvalue weighted by Gasteiger charge is -2.36. The summed E-state index contributed by atoms with van der Waals surface area (Å²) in [5.74, 6) is -2.65. The highest BCUT2D eigenvalue weighted by molar-refractivity contribution is 6.26. The van der Waals surface area contributed by atoms with Gasteiger partial charge < -0.3 is 5.32 Å². The molecule has 2 aromatic rings. The molecule has 0 saturated carbocycles. The lowest BCUT2D eigenvalue weighted by atomic mass is 9.75. The second-order valence-corrected chi connectivity index (χ2v) is 9.51. The summed E-state index contributed by atoms with van der Waals surface area (Å²) in [7, 11) is 0. The number of nitrogens with one attached hydrogen (secondary N) is 1. The molecule has 0 radical (unpaired) electrons. The molecular weight excluding hydrogens is 436 g/mol. The lowest BCUT2D eigenvalue weighted by Crippen LogP contribution is -2.54. The first-order chi connectivity index (χ1) is 16.3.